The Labute approximate surface area is 167 Å². The molecule has 0 amide bonds. The van der Waals surface area contributed by atoms with E-state index in [1.165, 1.54) is 12.8 Å². The molecule has 1 aromatic heterocycles. The quantitative estimate of drug-likeness (QED) is 0.605. The maximum atomic E-state index is 6.41. The molecule has 2 aliphatic rings. The van der Waals surface area contributed by atoms with Crippen LogP contribution in [0.25, 0.3) is 10.9 Å². The zero-order chi connectivity index (χ0) is 19.6. The van der Waals surface area contributed by atoms with Crippen molar-refractivity contribution in [3.63, 3.8) is 0 Å². The van der Waals surface area contributed by atoms with Gasteiger partial charge in [-0.1, -0.05) is 0 Å². The Morgan fingerprint density at radius 2 is 2.00 bits per heavy atom. The predicted molar refractivity (Wildman–Crippen MR) is 110 cm³/mol. The molecule has 0 bridgehead atoms. The van der Waals surface area contributed by atoms with Crippen LogP contribution in [0.5, 0.6) is 11.5 Å². The largest absolute Gasteiger partial charge is 0.497 e. The van der Waals surface area contributed by atoms with E-state index in [1.54, 1.807) is 14.2 Å². The number of fused-ring (bicyclic) bond motifs is 1. The zero-order valence-corrected chi connectivity index (χ0v) is 17.4. The summed E-state index contributed by atoms with van der Waals surface area (Å²) in [6.07, 6.45) is 11.9. The van der Waals surface area contributed by atoms with Crippen LogP contribution in [-0.4, -0.2) is 36.8 Å². The van der Waals surface area contributed by atoms with Gasteiger partial charge in [-0.25, -0.2) is 0 Å². The van der Waals surface area contributed by atoms with Gasteiger partial charge < -0.3 is 23.5 Å². The van der Waals surface area contributed by atoms with Gasteiger partial charge in [0.1, 0.15) is 11.5 Å². The van der Waals surface area contributed by atoms with Crippen LogP contribution in [-0.2, 0) is 16.0 Å². The average Bonchev–Trinajstić information content (AvgIpc) is 3.28. The number of hydrogen-bond donors (Lipinski definition) is 0. The summed E-state index contributed by atoms with van der Waals surface area (Å²) in [6.45, 7) is 3.15. The third-order valence-corrected chi connectivity index (χ3v) is 6.27. The van der Waals surface area contributed by atoms with E-state index < -0.39 is 0 Å². The van der Waals surface area contributed by atoms with Crippen molar-refractivity contribution in [2.75, 3.05) is 14.2 Å². The van der Waals surface area contributed by atoms with E-state index >= 15 is 0 Å². The normalized spacial score (nSPS) is 27.5. The molecule has 1 spiro atoms. The number of aryl methyl sites for hydroxylation is 1. The lowest BCUT2D eigenvalue weighted by atomic mass is 9.96. The first-order valence-corrected chi connectivity index (χ1v) is 10.7. The van der Waals surface area contributed by atoms with Gasteiger partial charge in [0.2, 0.25) is 0 Å². The second-order valence-electron chi connectivity index (χ2n) is 8.28. The number of benzene rings is 1. The molecule has 3 heterocycles. The molecule has 0 radical (unpaired) electrons. The molecule has 0 aliphatic carbocycles. The third kappa shape index (κ3) is 4.01. The van der Waals surface area contributed by atoms with Crippen LogP contribution < -0.4 is 9.47 Å². The molecule has 2 aromatic rings. The van der Waals surface area contributed by atoms with E-state index in [-0.39, 0.29) is 5.79 Å². The number of unbranched alkanes of at least 4 members (excludes halogenated alkanes) is 1. The molecule has 2 saturated heterocycles. The van der Waals surface area contributed by atoms with Gasteiger partial charge in [-0.05, 0) is 51.5 Å². The lowest BCUT2D eigenvalue weighted by Gasteiger charge is -2.38. The zero-order valence-electron chi connectivity index (χ0n) is 17.4. The van der Waals surface area contributed by atoms with Crippen LogP contribution in [0, 0.1) is 0 Å². The van der Waals surface area contributed by atoms with Crippen LogP contribution in [0.3, 0.4) is 0 Å². The first-order chi connectivity index (χ1) is 13.6. The fraction of sp³-hybridized carbons (Fsp3) is 0.652. The van der Waals surface area contributed by atoms with Crippen LogP contribution >= 0.6 is 0 Å². The number of aromatic nitrogens is 1. The van der Waals surface area contributed by atoms with Crippen molar-refractivity contribution in [2.24, 2.45) is 0 Å². The van der Waals surface area contributed by atoms with Gasteiger partial charge in [0, 0.05) is 43.1 Å². The first-order valence-electron chi connectivity index (χ1n) is 10.7. The van der Waals surface area contributed by atoms with Crippen LogP contribution in [0.15, 0.2) is 24.4 Å². The molecule has 2 fully saturated rings. The summed E-state index contributed by atoms with van der Waals surface area (Å²) in [6, 6.07) is 6.15. The summed E-state index contributed by atoms with van der Waals surface area (Å²) in [5.74, 6) is 1.42. The van der Waals surface area contributed by atoms with E-state index in [0.717, 1.165) is 67.5 Å². The summed E-state index contributed by atoms with van der Waals surface area (Å²) >= 11 is 0. The van der Waals surface area contributed by atoms with Gasteiger partial charge in [0.25, 0.3) is 0 Å². The summed E-state index contributed by atoms with van der Waals surface area (Å²) in [4.78, 5) is 0. The molecule has 0 unspecified atom stereocenters. The number of rotatable bonds is 7. The first kappa shape index (κ1) is 19.6. The number of nitrogens with zero attached hydrogens (tertiary/aromatic N) is 1. The Hall–Kier alpha value is -1.72. The van der Waals surface area contributed by atoms with Crippen LogP contribution in [0.2, 0.25) is 0 Å². The maximum absolute atomic E-state index is 6.41. The molecule has 3 atom stereocenters. The molecule has 1 aromatic carbocycles. The van der Waals surface area contributed by atoms with Gasteiger partial charge >= 0.3 is 0 Å². The van der Waals surface area contributed by atoms with Gasteiger partial charge in [-0.2, -0.15) is 0 Å². The lowest BCUT2D eigenvalue weighted by molar-refractivity contribution is -0.269. The molecule has 0 N–H and O–H groups in total. The molecule has 28 heavy (non-hydrogen) atoms. The summed E-state index contributed by atoms with van der Waals surface area (Å²) < 4.78 is 25.8. The van der Waals surface area contributed by atoms with E-state index in [4.69, 9.17) is 18.9 Å². The minimum Gasteiger partial charge on any atom is -0.497 e. The summed E-state index contributed by atoms with van der Waals surface area (Å²) in [7, 11) is 3.40. The lowest BCUT2D eigenvalue weighted by Crippen LogP contribution is -2.40. The molecule has 5 heteroatoms. The fourth-order valence-electron chi connectivity index (χ4n) is 4.78. The van der Waals surface area contributed by atoms with Crippen molar-refractivity contribution >= 4 is 10.9 Å². The Morgan fingerprint density at radius 1 is 1.11 bits per heavy atom. The van der Waals surface area contributed by atoms with Crippen molar-refractivity contribution in [3.05, 3.63) is 24.4 Å². The van der Waals surface area contributed by atoms with Crippen molar-refractivity contribution in [1.29, 1.82) is 0 Å². The van der Waals surface area contributed by atoms with Crippen LogP contribution in [0.4, 0.5) is 0 Å². The van der Waals surface area contributed by atoms with Crippen LogP contribution in [0.1, 0.15) is 58.3 Å². The SMILES string of the molecule is COc1cc(OC)c2ccn(CCCC[C@H]3CCC[C@]4(CC[C@H](C)O4)O3)c2c1. The highest BCUT2D eigenvalue weighted by molar-refractivity contribution is 5.88. The van der Waals surface area contributed by atoms with Crippen molar-refractivity contribution in [3.8, 4) is 11.5 Å². The fourth-order valence-corrected chi connectivity index (χ4v) is 4.78. The minimum atomic E-state index is -0.272. The average molecular weight is 388 g/mol. The Bertz CT molecular complexity index is 797. The number of ether oxygens (including phenoxy) is 4. The molecule has 154 valence electrons. The topological polar surface area (TPSA) is 41.9 Å². The van der Waals surface area contributed by atoms with E-state index in [1.807, 2.05) is 6.07 Å². The summed E-state index contributed by atoms with van der Waals surface area (Å²) in [5.41, 5.74) is 1.16. The number of hydrogen-bond acceptors (Lipinski definition) is 4. The van der Waals surface area contributed by atoms with Gasteiger partial charge in [0.15, 0.2) is 5.79 Å². The van der Waals surface area contributed by atoms with Crippen molar-refractivity contribution < 1.29 is 18.9 Å². The van der Waals surface area contributed by atoms with Gasteiger partial charge in [0.05, 0.1) is 31.9 Å². The van der Waals surface area contributed by atoms with E-state index in [0.29, 0.717) is 12.2 Å². The van der Waals surface area contributed by atoms with Crippen molar-refractivity contribution in [2.45, 2.75) is 82.8 Å². The highest BCUT2D eigenvalue weighted by Crippen LogP contribution is 2.41. The molecule has 5 nitrogen and oxygen atoms in total. The highest BCUT2D eigenvalue weighted by Gasteiger charge is 2.43. The Balaban J connectivity index is 1.32. The van der Waals surface area contributed by atoms with E-state index in [2.05, 4.69) is 29.8 Å². The molecular weight excluding hydrogens is 354 g/mol. The molecule has 2 aliphatic heterocycles. The van der Waals surface area contributed by atoms with Crippen molar-refractivity contribution in [1.82, 2.24) is 4.57 Å². The Morgan fingerprint density at radius 3 is 2.75 bits per heavy atom. The number of methoxy groups -OCH3 is 2. The second-order valence-corrected chi connectivity index (χ2v) is 8.28. The smallest absolute Gasteiger partial charge is 0.169 e. The van der Waals surface area contributed by atoms with Gasteiger partial charge in [-0.3, -0.25) is 0 Å². The highest BCUT2D eigenvalue weighted by atomic mass is 16.7. The molecular formula is C23H33NO4. The Kier molecular flexibility index (Phi) is 5.83. The predicted octanol–water partition coefficient (Wildman–Crippen LogP) is 5.29. The maximum Gasteiger partial charge on any atom is 0.169 e. The molecule has 4 rings (SSSR count). The minimum absolute atomic E-state index is 0.272. The standard InChI is InChI=1S/C23H33NO4/c1-17-9-12-23(27-17)11-6-8-18(28-23)7-4-5-13-24-14-10-20-21(24)15-19(25-2)16-22(20)26-3/h10,14-18H,4-9,11-13H2,1-3H3/t17-,18-,23+/m0/s1. The second kappa shape index (κ2) is 8.34. The van der Waals surface area contributed by atoms with Gasteiger partial charge in [-0.15, -0.1) is 0 Å². The van der Waals surface area contributed by atoms with E-state index in [9.17, 15) is 0 Å². The monoisotopic (exact) mass is 387 g/mol. The third-order valence-electron chi connectivity index (χ3n) is 6.27. The molecule has 0 saturated carbocycles. The summed E-state index contributed by atoms with van der Waals surface area (Å²) in [5, 5.41) is 1.13.